The first kappa shape index (κ1) is 21.0. The number of amides is 1. The van der Waals surface area contributed by atoms with Crippen molar-refractivity contribution in [2.75, 3.05) is 0 Å². The summed E-state index contributed by atoms with van der Waals surface area (Å²) in [5, 5.41) is 0. The fourth-order valence-electron chi connectivity index (χ4n) is 1.27. The molecule has 84 valence electrons. The molecule has 1 aromatic carbocycles. The molecule has 0 atom stereocenters. The fraction of sp³-hybridized carbons (Fsp3) is 0.222. The maximum Gasteiger partial charge on any atom is 0.0801 e. The molecule has 1 N–H and O–H groups in total. The fourth-order valence-corrected chi connectivity index (χ4v) is 1.96. The Morgan fingerprint density at radius 2 is 1.53 bits per heavy atom. The van der Waals surface area contributed by atoms with E-state index in [0.717, 1.165) is 15.6 Å². The second-order valence-corrected chi connectivity index (χ2v) is 3.66. The van der Waals surface area contributed by atoms with Gasteiger partial charge in [0.1, 0.15) is 0 Å². The molecular formula is C9H11BrCl2NOZr-. The number of nitrogens with one attached hydrogen (secondary N) is 1. The first-order valence-corrected chi connectivity index (χ1v) is 4.34. The number of carbonyl (C=O) groups is 1. The van der Waals surface area contributed by atoms with Crippen LogP contribution in [-0.4, -0.2) is 5.91 Å². The van der Waals surface area contributed by atoms with E-state index in [9.17, 15) is 4.79 Å². The summed E-state index contributed by atoms with van der Waals surface area (Å²) in [4.78, 5) is 10.8. The minimum atomic E-state index is -0.613. The summed E-state index contributed by atoms with van der Waals surface area (Å²) in [6.45, 7) is 3.67. The quantitative estimate of drug-likeness (QED) is 0.711. The van der Waals surface area contributed by atoms with E-state index in [1.807, 2.05) is 26.0 Å². The van der Waals surface area contributed by atoms with E-state index >= 15 is 0 Å². The Balaban J connectivity index is -0.000000480. The average Bonchev–Trinajstić information content (AvgIpc) is 1.82. The van der Waals surface area contributed by atoms with Gasteiger partial charge in [-0.3, -0.25) is 0 Å². The molecule has 0 spiro atoms. The molecule has 2 nitrogen and oxygen atoms in total. The summed E-state index contributed by atoms with van der Waals surface area (Å²) in [5.41, 5.74) is 9.23. The van der Waals surface area contributed by atoms with E-state index in [2.05, 4.69) is 15.9 Å². The van der Waals surface area contributed by atoms with Gasteiger partial charge in [-0.2, -0.15) is 0 Å². The average molecular weight is 391 g/mol. The van der Waals surface area contributed by atoms with Gasteiger partial charge in [-0.05, 0) is 37.1 Å². The molecule has 0 radical (unpaired) electrons. The summed E-state index contributed by atoms with van der Waals surface area (Å²) in [5.74, 6) is -0.613. The first-order chi connectivity index (χ1) is 5.52. The Hall–Kier alpha value is 0.633. The molecular weight excluding hydrogens is 380 g/mol. The molecule has 0 aromatic heterocycles. The zero-order valence-corrected chi connectivity index (χ0v) is 13.9. The van der Waals surface area contributed by atoms with E-state index < -0.39 is 5.91 Å². The summed E-state index contributed by atoms with van der Waals surface area (Å²) in [6.07, 6.45) is 0. The summed E-state index contributed by atoms with van der Waals surface area (Å²) < 4.78 is 0.947. The molecule has 1 amide bonds. The second kappa shape index (κ2) is 8.75. The Labute approximate surface area is 129 Å². The van der Waals surface area contributed by atoms with E-state index in [1.54, 1.807) is 0 Å². The Morgan fingerprint density at radius 1 is 1.20 bits per heavy atom. The number of aryl methyl sites for hydroxylation is 2. The van der Waals surface area contributed by atoms with E-state index in [0.29, 0.717) is 5.56 Å². The van der Waals surface area contributed by atoms with Gasteiger partial charge in [-0.1, -0.05) is 15.9 Å². The van der Waals surface area contributed by atoms with Crippen molar-refractivity contribution < 1.29 is 31.0 Å². The van der Waals surface area contributed by atoms with Crippen LogP contribution in [0.3, 0.4) is 0 Å². The van der Waals surface area contributed by atoms with Crippen LogP contribution in [0, 0.1) is 13.8 Å². The molecule has 0 aliphatic rings. The minimum absolute atomic E-state index is 0. The van der Waals surface area contributed by atoms with Crippen molar-refractivity contribution in [3.63, 3.8) is 0 Å². The number of carbonyl (C=O) groups excluding carboxylic acids is 1. The van der Waals surface area contributed by atoms with Gasteiger partial charge in [-0.25, -0.2) is 0 Å². The van der Waals surface area contributed by atoms with Crippen molar-refractivity contribution in [3.05, 3.63) is 39.0 Å². The van der Waals surface area contributed by atoms with Crippen LogP contribution in [0.25, 0.3) is 5.73 Å². The Morgan fingerprint density at radius 3 is 1.80 bits per heavy atom. The predicted molar refractivity (Wildman–Crippen MR) is 66.8 cm³/mol. The zero-order chi connectivity index (χ0) is 9.30. The number of hydrogen-bond donors (Lipinski definition) is 0. The van der Waals surface area contributed by atoms with Crippen LogP contribution in [0.15, 0.2) is 16.6 Å². The standard InChI is InChI=1S/C9H10BrNO.2ClH.Zr/c1-5-3-7(10)4-6(2)8(5)9(11)12;;;/h3-4H,1-2H3,(H2,11,12);2*1H;/p-1. The van der Waals surface area contributed by atoms with Gasteiger partial charge >= 0.3 is 0 Å². The van der Waals surface area contributed by atoms with E-state index in [4.69, 9.17) is 5.73 Å². The van der Waals surface area contributed by atoms with Crippen molar-refractivity contribution in [1.29, 1.82) is 0 Å². The van der Waals surface area contributed by atoms with Gasteiger partial charge in [0.15, 0.2) is 0 Å². The van der Waals surface area contributed by atoms with Gasteiger partial charge in [0, 0.05) is 36.2 Å². The Kier molecular flexibility index (Phi) is 12.2. The topological polar surface area (TPSA) is 40.9 Å². The molecule has 1 aromatic rings. The maximum absolute atomic E-state index is 10.8. The first-order valence-electron chi connectivity index (χ1n) is 3.55. The van der Waals surface area contributed by atoms with Crippen LogP contribution in [0.5, 0.6) is 0 Å². The Bertz CT molecular complexity index is 324. The van der Waals surface area contributed by atoms with Crippen LogP contribution < -0.4 is 0 Å². The molecule has 0 aliphatic heterocycles. The third-order valence-electron chi connectivity index (χ3n) is 1.72. The molecule has 0 saturated carbocycles. The van der Waals surface area contributed by atoms with Gasteiger partial charge in [0.2, 0.25) is 0 Å². The molecule has 15 heavy (non-hydrogen) atoms. The smallest absolute Gasteiger partial charge is 0.0801 e. The molecule has 1 rings (SSSR count). The minimum Gasteiger partial charge on any atom is -0.664 e. The third kappa shape index (κ3) is 5.49. The second-order valence-electron chi connectivity index (χ2n) is 2.74. The van der Waals surface area contributed by atoms with Gasteiger partial charge in [0.05, 0.1) is 5.91 Å². The molecule has 0 fully saturated rings. The molecule has 0 heterocycles. The molecule has 6 heteroatoms. The summed E-state index contributed by atoms with van der Waals surface area (Å²) >= 11 is 3.32. The van der Waals surface area contributed by atoms with Crippen molar-refractivity contribution in [1.82, 2.24) is 0 Å². The summed E-state index contributed by atoms with van der Waals surface area (Å²) in [6, 6.07) is 3.68. The third-order valence-corrected chi connectivity index (χ3v) is 2.18. The molecule has 0 saturated heterocycles. The van der Waals surface area contributed by atoms with Crippen molar-refractivity contribution in [2.24, 2.45) is 0 Å². The number of halogens is 3. The molecule has 0 unspecified atom stereocenters. The predicted octanol–water partition coefficient (Wildman–Crippen LogP) is 4.10. The normalized spacial score (nSPS) is 7.93. The van der Waals surface area contributed by atoms with Crippen LogP contribution in [0.4, 0.5) is 0 Å². The summed E-state index contributed by atoms with van der Waals surface area (Å²) in [7, 11) is 0. The number of hydrogen-bond acceptors (Lipinski definition) is 1. The van der Waals surface area contributed by atoms with Crippen molar-refractivity contribution >= 4 is 46.7 Å². The van der Waals surface area contributed by atoms with E-state index in [-0.39, 0.29) is 51.0 Å². The van der Waals surface area contributed by atoms with Crippen LogP contribution in [0.2, 0.25) is 0 Å². The zero-order valence-electron chi connectivity index (χ0n) is 8.26. The van der Waals surface area contributed by atoms with Crippen molar-refractivity contribution in [3.8, 4) is 0 Å². The maximum atomic E-state index is 10.8. The number of benzene rings is 1. The molecule has 0 bridgehead atoms. The van der Waals surface area contributed by atoms with Gasteiger partial charge in [0.25, 0.3) is 0 Å². The monoisotopic (exact) mass is 388 g/mol. The van der Waals surface area contributed by atoms with Crippen molar-refractivity contribution in [2.45, 2.75) is 13.8 Å². The SMILES string of the molecule is Cc1cc(Br)cc(C)c1C([NH-])=O.Cl.Cl.[Zr]. The van der Waals surface area contributed by atoms with Gasteiger partial charge in [-0.15, -0.1) is 24.8 Å². The van der Waals surface area contributed by atoms with Gasteiger partial charge < -0.3 is 10.5 Å². The largest absolute Gasteiger partial charge is 0.664 e. The van der Waals surface area contributed by atoms with Crippen LogP contribution in [0.1, 0.15) is 21.5 Å². The molecule has 0 aliphatic carbocycles. The van der Waals surface area contributed by atoms with Crippen LogP contribution >= 0.6 is 40.7 Å². The number of rotatable bonds is 1. The van der Waals surface area contributed by atoms with E-state index in [1.165, 1.54) is 0 Å². The van der Waals surface area contributed by atoms with Crippen LogP contribution in [-0.2, 0) is 26.2 Å².